The Labute approximate surface area is 90.4 Å². The fourth-order valence-corrected chi connectivity index (χ4v) is 2.25. The normalized spacial score (nSPS) is 11.7. The lowest BCUT2D eigenvalue weighted by molar-refractivity contribution is 1.23. The minimum Gasteiger partial charge on any atom is -0.398 e. The third-order valence-electron chi connectivity index (χ3n) is 1.92. The van der Waals surface area contributed by atoms with Gasteiger partial charge in [-0.2, -0.15) is 0 Å². The van der Waals surface area contributed by atoms with Gasteiger partial charge in [0.1, 0.15) is 0 Å². The van der Waals surface area contributed by atoms with Crippen LogP contribution in [0.3, 0.4) is 0 Å². The summed E-state index contributed by atoms with van der Waals surface area (Å²) in [5.41, 5.74) is 7.96. The Bertz CT molecular complexity index is 318. The molecule has 0 aliphatic rings. The Kier molecular flexibility index (Phi) is 4.60. The maximum absolute atomic E-state index is 5.93. The van der Waals surface area contributed by atoms with Crippen LogP contribution < -0.4 is 5.73 Å². The summed E-state index contributed by atoms with van der Waals surface area (Å²) in [4.78, 5) is 1.30. The Hall–Kier alpha value is -0.890. The molecule has 0 spiro atoms. The van der Waals surface area contributed by atoms with Gasteiger partial charge in [-0.25, -0.2) is 0 Å². The second kappa shape index (κ2) is 5.76. The van der Waals surface area contributed by atoms with Crippen molar-refractivity contribution < 1.29 is 0 Å². The standard InChI is InChI=1S/C12H17NS/c1-3-7-12(14-4-2)10-8-5-6-9-11(10)13/h5-9H,3-4,13H2,1-2H3/b12-7-. The first kappa shape index (κ1) is 11.2. The maximum Gasteiger partial charge on any atom is 0.0398 e. The molecule has 0 aliphatic heterocycles. The molecule has 0 heterocycles. The second-order valence-corrected chi connectivity index (χ2v) is 4.30. The number of nitrogens with two attached hydrogens (primary N) is 1. The highest BCUT2D eigenvalue weighted by molar-refractivity contribution is 8.08. The summed E-state index contributed by atoms with van der Waals surface area (Å²) < 4.78 is 0. The molecule has 2 N–H and O–H groups in total. The maximum atomic E-state index is 5.93. The highest BCUT2D eigenvalue weighted by Crippen LogP contribution is 2.31. The Morgan fingerprint density at radius 3 is 2.64 bits per heavy atom. The van der Waals surface area contributed by atoms with Gasteiger partial charge in [0.05, 0.1) is 0 Å². The highest BCUT2D eigenvalue weighted by atomic mass is 32.2. The quantitative estimate of drug-likeness (QED) is 0.760. The van der Waals surface area contributed by atoms with E-state index in [1.54, 1.807) is 0 Å². The number of hydrogen-bond donors (Lipinski definition) is 1. The summed E-state index contributed by atoms with van der Waals surface area (Å²) in [6.45, 7) is 4.31. The van der Waals surface area contributed by atoms with E-state index in [2.05, 4.69) is 26.0 Å². The molecule has 1 nitrogen and oxygen atoms in total. The second-order valence-electron chi connectivity index (χ2n) is 3.00. The number of rotatable bonds is 4. The molecule has 76 valence electrons. The SMILES string of the molecule is CC/C=C(\SCC)c1ccccc1N. The Morgan fingerprint density at radius 2 is 2.07 bits per heavy atom. The summed E-state index contributed by atoms with van der Waals surface area (Å²) in [7, 11) is 0. The number of thioether (sulfide) groups is 1. The zero-order valence-corrected chi connectivity index (χ0v) is 9.60. The lowest BCUT2D eigenvalue weighted by Crippen LogP contribution is -1.91. The van der Waals surface area contributed by atoms with Crippen molar-refractivity contribution in [1.29, 1.82) is 0 Å². The largest absolute Gasteiger partial charge is 0.398 e. The van der Waals surface area contributed by atoms with Crippen LogP contribution in [0.1, 0.15) is 25.8 Å². The predicted octanol–water partition coefficient (Wildman–Crippen LogP) is 3.77. The monoisotopic (exact) mass is 207 g/mol. The van der Waals surface area contributed by atoms with Gasteiger partial charge < -0.3 is 5.73 Å². The van der Waals surface area contributed by atoms with Gasteiger partial charge in [-0.1, -0.05) is 38.1 Å². The van der Waals surface area contributed by atoms with Gasteiger partial charge in [0.15, 0.2) is 0 Å². The lowest BCUT2D eigenvalue weighted by atomic mass is 10.1. The molecular formula is C12H17NS. The summed E-state index contributed by atoms with van der Waals surface area (Å²) in [6.07, 6.45) is 3.29. The van der Waals surface area contributed by atoms with Gasteiger partial charge in [0, 0.05) is 16.2 Å². The van der Waals surface area contributed by atoms with Crippen molar-refractivity contribution >= 4 is 22.4 Å². The van der Waals surface area contributed by atoms with E-state index in [4.69, 9.17) is 5.73 Å². The zero-order valence-electron chi connectivity index (χ0n) is 8.79. The molecule has 2 heteroatoms. The number of hydrogen-bond acceptors (Lipinski definition) is 2. The van der Waals surface area contributed by atoms with Gasteiger partial charge >= 0.3 is 0 Å². The van der Waals surface area contributed by atoms with Crippen LogP contribution in [0.15, 0.2) is 30.3 Å². The summed E-state index contributed by atoms with van der Waals surface area (Å²) >= 11 is 1.85. The first-order valence-corrected chi connectivity index (χ1v) is 5.96. The molecule has 0 unspecified atom stereocenters. The van der Waals surface area contributed by atoms with Crippen LogP contribution >= 0.6 is 11.8 Å². The molecular weight excluding hydrogens is 190 g/mol. The number of nitrogen functional groups attached to an aromatic ring is 1. The van der Waals surface area contributed by atoms with E-state index in [0.29, 0.717) is 0 Å². The first-order chi connectivity index (χ1) is 6.79. The molecule has 14 heavy (non-hydrogen) atoms. The van der Waals surface area contributed by atoms with Crippen LogP contribution in [-0.4, -0.2) is 5.75 Å². The fraction of sp³-hybridized carbons (Fsp3) is 0.333. The van der Waals surface area contributed by atoms with Crippen LogP contribution in [0.2, 0.25) is 0 Å². The smallest absolute Gasteiger partial charge is 0.0398 e. The molecule has 0 amide bonds. The van der Waals surface area contributed by atoms with Crippen molar-refractivity contribution in [3.8, 4) is 0 Å². The van der Waals surface area contributed by atoms with Gasteiger partial charge in [0.2, 0.25) is 0 Å². The number of para-hydroxylation sites is 1. The minimum absolute atomic E-state index is 0.869. The molecule has 0 atom stereocenters. The molecule has 1 aromatic rings. The van der Waals surface area contributed by atoms with Crippen molar-refractivity contribution in [3.63, 3.8) is 0 Å². The van der Waals surface area contributed by atoms with Crippen LogP contribution in [0, 0.1) is 0 Å². The van der Waals surface area contributed by atoms with Crippen LogP contribution in [-0.2, 0) is 0 Å². The predicted molar refractivity (Wildman–Crippen MR) is 67.3 cm³/mol. The van der Waals surface area contributed by atoms with Crippen molar-refractivity contribution in [3.05, 3.63) is 35.9 Å². The fourth-order valence-electron chi connectivity index (χ4n) is 1.31. The van der Waals surface area contributed by atoms with Gasteiger partial charge in [-0.05, 0) is 18.2 Å². The lowest BCUT2D eigenvalue weighted by Gasteiger charge is -2.08. The molecule has 0 bridgehead atoms. The average molecular weight is 207 g/mol. The van der Waals surface area contributed by atoms with E-state index in [9.17, 15) is 0 Å². The molecule has 0 aromatic heterocycles. The van der Waals surface area contributed by atoms with Crippen molar-refractivity contribution in [2.24, 2.45) is 0 Å². The third-order valence-corrected chi connectivity index (χ3v) is 2.90. The van der Waals surface area contributed by atoms with Crippen LogP contribution in [0.5, 0.6) is 0 Å². The Morgan fingerprint density at radius 1 is 1.36 bits per heavy atom. The van der Waals surface area contributed by atoms with E-state index in [1.807, 2.05) is 30.0 Å². The first-order valence-electron chi connectivity index (χ1n) is 4.97. The molecule has 0 saturated carbocycles. The van der Waals surface area contributed by atoms with E-state index < -0.39 is 0 Å². The minimum atomic E-state index is 0.869. The molecule has 0 radical (unpaired) electrons. The van der Waals surface area contributed by atoms with Crippen molar-refractivity contribution in [1.82, 2.24) is 0 Å². The molecule has 0 fully saturated rings. The van der Waals surface area contributed by atoms with Gasteiger partial charge in [0.25, 0.3) is 0 Å². The van der Waals surface area contributed by atoms with Gasteiger partial charge in [-0.15, -0.1) is 11.8 Å². The van der Waals surface area contributed by atoms with E-state index in [1.165, 1.54) is 10.5 Å². The molecule has 1 rings (SSSR count). The topological polar surface area (TPSA) is 26.0 Å². The third kappa shape index (κ3) is 2.81. The highest BCUT2D eigenvalue weighted by Gasteiger charge is 2.03. The molecule has 0 saturated heterocycles. The summed E-state index contributed by atoms with van der Waals surface area (Å²) in [6, 6.07) is 8.04. The average Bonchev–Trinajstić information content (AvgIpc) is 2.18. The summed E-state index contributed by atoms with van der Waals surface area (Å²) in [5.74, 6) is 1.08. The number of benzene rings is 1. The number of allylic oxidation sites excluding steroid dienone is 1. The van der Waals surface area contributed by atoms with E-state index >= 15 is 0 Å². The van der Waals surface area contributed by atoms with Crippen LogP contribution in [0.25, 0.3) is 4.91 Å². The summed E-state index contributed by atoms with van der Waals surface area (Å²) in [5, 5.41) is 0. The molecule has 1 aromatic carbocycles. The van der Waals surface area contributed by atoms with Gasteiger partial charge in [-0.3, -0.25) is 0 Å². The zero-order chi connectivity index (χ0) is 10.4. The van der Waals surface area contributed by atoms with Crippen molar-refractivity contribution in [2.75, 3.05) is 11.5 Å². The number of anilines is 1. The Balaban J connectivity index is 2.99. The van der Waals surface area contributed by atoms with Crippen LogP contribution in [0.4, 0.5) is 5.69 Å². The van der Waals surface area contributed by atoms with Crippen molar-refractivity contribution in [2.45, 2.75) is 20.3 Å². The van der Waals surface area contributed by atoms with E-state index in [0.717, 1.165) is 17.9 Å². The van der Waals surface area contributed by atoms with E-state index in [-0.39, 0.29) is 0 Å². The molecule has 0 aliphatic carbocycles.